The monoisotopic (exact) mass is 344 g/mol. The highest BCUT2D eigenvalue weighted by atomic mass is 16.7. The number of carbonyl (C=O) groups is 1. The van der Waals surface area contributed by atoms with Gasteiger partial charge in [-0.2, -0.15) is 0 Å². The predicted octanol–water partition coefficient (Wildman–Crippen LogP) is 2.97. The average molecular weight is 344 g/mol. The molecule has 0 bridgehead atoms. The lowest BCUT2D eigenvalue weighted by atomic mass is 9.90. The van der Waals surface area contributed by atoms with E-state index in [1.54, 1.807) is 0 Å². The van der Waals surface area contributed by atoms with Gasteiger partial charge in [0.05, 0.1) is 13.2 Å². The van der Waals surface area contributed by atoms with Gasteiger partial charge >= 0.3 is 6.03 Å². The van der Waals surface area contributed by atoms with Crippen molar-refractivity contribution in [3.63, 3.8) is 0 Å². The van der Waals surface area contributed by atoms with Gasteiger partial charge < -0.3 is 19.7 Å². The zero-order valence-corrected chi connectivity index (χ0v) is 14.9. The van der Waals surface area contributed by atoms with Crippen LogP contribution >= 0.6 is 0 Å². The van der Waals surface area contributed by atoms with E-state index in [0.717, 1.165) is 32.5 Å². The summed E-state index contributed by atoms with van der Waals surface area (Å²) in [4.78, 5) is 14.5. The van der Waals surface area contributed by atoms with Crippen LogP contribution in [0.2, 0.25) is 0 Å². The average Bonchev–Trinajstić information content (AvgIpc) is 3.31. The molecule has 4 rings (SSSR count). The number of amides is 2. The van der Waals surface area contributed by atoms with Crippen LogP contribution in [0.5, 0.6) is 0 Å². The van der Waals surface area contributed by atoms with Crippen molar-refractivity contribution in [1.29, 1.82) is 0 Å². The fourth-order valence-electron chi connectivity index (χ4n) is 4.27. The summed E-state index contributed by atoms with van der Waals surface area (Å²) in [6.07, 6.45) is 3.24. The fourth-order valence-corrected chi connectivity index (χ4v) is 4.27. The van der Waals surface area contributed by atoms with Crippen LogP contribution in [0.25, 0.3) is 0 Å². The molecule has 5 heteroatoms. The molecule has 0 spiro atoms. The first-order valence-electron chi connectivity index (χ1n) is 9.51. The molecule has 2 heterocycles. The Kier molecular flexibility index (Phi) is 4.69. The Bertz CT molecular complexity index is 600. The number of rotatable bonds is 4. The van der Waals surface area contributed by atoms with E-state index in [-0.39, 0.29) is 11.9 Å². The van der Waals surface area contributed by atoms with Crippen molar-refractivity contribution in [3.05, 3.63) is 35.9 Å². The Morgan fingerprint density at radius 1 is 1.28 bits per heavy atom. The third-order valence-electron chi connectivity index (χ3n) is 5.98. The number of hydrogen-bond acceptors (Lipinski definition) is 3. The highest BCUT2D eigenvalue weighted by Gasteiger charge is 2.43. The number of nitrogens with zero attached hydrogens (tertiary/aromatic N) is 1. The van der Waals surface area contributed by atoms with Crippen molar-refractivity contribution < 1.29 is 14.3 Å². The third-order valence-corrected chi connectivity index (χ3v) is 5.98. The lowest BCUT2D eigenvalue weighted by Gasteiger charge is -2.39. The molecule has 5 nitrogen and oxygen atoms in total. The molecule has 3 aliphatic rings. The van der Waals surface area contributed by atoms with Gasteiger partial charge in [-0.25, -0.2) is 4.79 Å². The van der Waals surface area contributed by atoms with Crippen LogP contribution in [-0.2, 0) is 9.47 Å². The zero-order chi connectivity index (χ0) is 17.3. The molecule has 0 unspecified atom stereocenters. The van der Waals surface area contributed by atoms with Gasteiger partial charge in [-0.3, -0.25) is 0 Å². The van der Waals surface area contributed by atoms with Gasteiger partial charge in [-0.1, -0.05) is 30.3 Å². The summed E-state index contributed by atoms with van der Waals surface area (Å²) >= 11 is 0. The van der Waals surface area contributed by atoms with Crippen molar-refractivity contribution in [3.8, 4) is 0 Å². The molecule has 25 heavy (non-hydrogen) atoms. The maximum Gasteiger partial charge on any atom is 0.317 e. The van der Waals surface area contributed by atoms with Gasteiger partial charge in [0.25, 0.3) is 0 Å². The standard InChI is InChI=1S/C20H28N2O3/c1-20(24-10-11-25-20)17-8-5-9-22(14-17)19(23)21-13-16-12-18(16)15-6-3-2-4-7-15/h2-4,6-7,16-18H,5,8-14H2,1H3,(H,21,23)/t16-,17+,18+/m0/s1. The number of benzene rings is 1. The van der Waals surface area contributed by atoms with Crippen LogP contribution in [0.4, 0.5) is 4.79 Å². The van der Waals surface area contributed by atoms with Crippen molar-refractivity contribution >= 4 is 6.03 Å². The van der Waals surface area contributed by atoms with E-state index in [2.05, 4.69) is 29.6 Å². The molecular weight excluding hydrogens is 316 g/mol. The summed E-state index contributed by atoms with van der Waals surface area (Å²) in [5, 5.41) is 3.14. The summed E-state index contributed by atoms with van der Waals surface area (Å²) in [5.74, 6) is 0.918. The second-order valence-corrected chi connectivity index (χ2v) is 7.70. The summed E-state index contributed by atoms with van der Waals surface area (Å²) in [6.45, 7) is 5.63. The van der Waals surface area contributed by atoms with Gasteiger partial charge in [0.15, 0.2) is 5.79 Å². The Hall–Kier alpha value is -1.59. The first-order chi connectivity index (χ1) is 12.2. The molecule has 1 aromatic rings. The first kappa shape index (κ1) is 16.9. The summed E-state index contributed by atoms with van der Waals surface area (Å²) in [6, 6.07) is 10.7. The molecule has 0 aromatic heterocycles. The molecule has 0 radical (unpaired) electrons. The van der Waals surface area contributed by atoms with Crippen LogP contribution in [-0.4, -0.2) is 49.6 Å². The number of nitrogens with one attached hydrogen (secondary N) is 1. The smallest absolute Gasteiger partial charge is 0.317 e. The SMILES string of the molecule is CC1([C@@H]2CCCN(C(=O)NC[C@@H]3C[C@@H]3c3ccccc3)C2)OCCO1. The normalized spacial score (nSPS) is 30.9. The van der Waals surface area contributed by atoms with E-state index in [9.17, 15) is 4.79 Å². The van der Waals surface area contributed by atoms with Crippen molar-refractivity contribution in [2.24, 2.45) is 11.8 Å². The van der Waals surface area contributed by atoms with Gasteiger partial charge in [0.1, 0.15) is 0 Å². The molecule has 2 saturated heterocycles. The molecule has 3 fully saturated rings. The molecular formula is C20H28N2O3. The van der Waals surface area contributed by atoms with E-state index in [4.69, 9.17) is 9.47 Å². The lowest BCUT2D eigenvalue weighted by Crippen LogP contribution is -2.51. The van der Waals surface area contributed by atoms with E-state index in [0.29, 0.717) is 25.0 Å². The largest absolute Gasteiger partial charge is 0.347 e. The highest BCUT2D eigenvalue weighted by Crippen LogP contribution is 2.46. The van der Waals surface area contributed by atoms with E-state index in [1.807, 2.05) is 17.9 Å². The number of ether oxygens (including phenoxy) is 2. The molecule has 1 aromatic carbocycles. The van der Waals surface area contributed by atoms with Crippen molar-refractivity contribution in [2.75, 3.05) is 32.8 Å². The van der Waals surface area contributed by atoms with Crippen molar-refractivity contribution in [1.82, 2.24) is 10.2 Å². The fraction of sp³-hybridized carbons (Fsp3) is 0.650. The first-order valence-corrected chi connectivity index (χ1v) is 9.51. The molecule has 1 N–H and O–H groups in total. The maximum atomic E-state index is 12.6. The van der Waals surface area contributed by atoms with Gasteiger partial charge in [-0.05, 0) is 43.6 Å². The van der Waals surface area contributed by atoms with Crippen LogP contribution in [0.15, 0.2) is 30.3 Å². The molecule has 1 saturated carbocycles. The second kappa shape index (κ2) is 6.96. The Balaban J connectivity index is 1.26. The Morgan fingerprint density at radius 2 is 2.04 bits per heavy atom. The van der Waals surface area contributed by atoms with Crippen LogP contribution < -0.4 is 5.32 Å². The van der Waals surface area contributed by atoms with Crippen LogP contribution in [0.1, 0.15) is 37.7 Å². The quantitative estimate of drug-likeness (QED) is 0.913. The topological polar surface area (TPSA) is 50.8 Å². The maximum absolute atomic E-state index is 12.6. The molecule has 2 amide bonds. The molecule has 1 aliphatic carbocycles. The highest BCUT2D eigenvalue weighted by molar-refractivity contribution is 5.74. The molecule has 3 atom stereocenters. The van der Waals surface area contributed by atoms with E-state index in [1.165, 1.54) is 12.0 Å². The number of hydrogen-bond donors (Lipinski definition) is 1. The van der Waals surface area contributed by atoms with Gasteiger partial charge in [0, 0.05) is 25.6 Å². The third kappa shape index (κ3) is 3.67. The van der Waals surface area contributed by atoms with Crippen molar-refractivity contribution in [2.45, 2.75) is 37.9 Å². The second-order valence-electron chi connectivity index (χ2n) is 7.70. The van der Waals surface area contributed by atoms with E-state index >= 15 is 0 Å². The minimum atomic E-state index is -0.520. The van der Waals surface area contributed by atoms with Crippen LogP contribution in [0.3, 0.4) is 0 Å². The van der Waals surface area contributed by atoms with Crippen LogP contribution in [0, 0.1) is 11.8 Å². The summed E-state index contributed by atoms with van der Waals surface area (Å²) < 4.78 is 11.6. The predicted molar refractivity (Wildman–Crippen MR) is 95.3 cm³/mol. The van der Waals surface area contributed by atoms with E-state index < -0.39 is 5.79 Å². The number of urea groups is 1. The molecule has 136 valence electrons. The zero-order valence-electron chi connectivity index (χ0n) is 14.9. The summed E-state index contributed by atoms with van der Waals surface area (Å²) in [7, 11) is 0. The number of likely N-dealkylation sites (tertiary alicyclic amines) is 1. The van der Waals surface area contributed by atoms with Gasteiger partial charge in [-0.15, -0.1) is 0 Å². The minimum Gasteiger partial charge on any atom is -0.347 e. The number of carbonyl (C=O) groups excluding carboxylic acids is 1. The Morgan fingerprint density at radius 3 is 2.80 bits per heavy atom. The molecule has 2 aliphatic heterocycles. The van der Waals surface area contributed by atoms with Gasteiger partial charge in [0.2, 0.25) is 0 Å². The Labute approximate surface area is 149 Å². The lowest BCUT2D eigenvalue weighted by molar-refractivity contribution is -0.189. The summed E-state index contributed by atoms with van der Waals surface area (Å²) in [5.41, 5.74) is 1.39. The minimum absolute atomic E-state index is 0.0602. The number of piperidine rings is 1.